The average molecular weight is 347 g/mol. The van der Waals surface area contributed by atoms with Gasteiger partial charge in [0, 0.05) is 18.6 Å². The molecule has 2 bridgehead atoms. The third kappa shape index (κ3) is 2.81. The summed E-state index contributed by atoms with van der Waals surface area (Å²) in [5.41, 5.74) is 4.43. The van der Waals surface area contributed by atoms with Gasteiger partial charge in [0.25, 0.3) is 0 Å². The predicted octanol–water partition coefficient (Wildman–Crippen LogP) is 3.42. The summed E-state index contributed by atoms with van der Waals surface area (Å²) >= 11 is 0. The van der Waals surface area contributed by atoms with E-state index in [0.717, 1.165) is 25.8 Å². The molecule has 5 rings (SSSR count). The highest BCUT2D eigenvalue weighted by Gasteiger charge is 2.48. The zero-order valence-corrected chi connectivity index (χ0v) is 15.0. The Morgan fingerprint density at radius 3 is 2.38 bits per heavy atom. The molecule has 3 heteroatoms. The SMILES string of the molecule is OC1(C2=Cc3ccccc3C2)CC2COCC(C1)N2Cc1ccccc1. The van der Waals surface area contributed by atoms with E-state index in [-0.39, 0.29) is 12.1 Å². The van der Waals surface area contributed by atoms with Crippen LogP contribution in [0.15, 0.2) is 60.2 Å². The maximum Gasteiger partial charge on any atom is 0.0894 e. The van der Waals surface area contributed by atoms with Crippen molar-refractivity contribution in [1.82, 2.24) is 4.90 Å². The fourth-order valence-electron chi connectivity index (χ4n) is 4.94. The first-order valence-electron chi connectivity index (χ1n) is 9.60. The third-order valence-corrected chi connectivity index (χ3v) is 6.28. The Bertz CT molecular complexity index is 815. The van der Waals surface area contributed by atoms with Gasteiger partial charge < -0.3 is 9.84 Å². The second-order valence-electron chi connectivity index (χ2n) is 7.99. The quantitative estimate of drug-likeness (QED) is 0.923. The van der Waals surface area contributed by atoms with Crippen molar-refractivity contribution in [3.8, 4) is 0 Å². The van der Waals surface area contributed by atoms with Gasteiger partial charge in [-0.1, -0.05) is 60.7 Å². The molecule has 2 aromatic rings. The summed E-state index contributed by atoms with van der Waals surface area (Å²) in [6, 6.07) is 19.7. The molecule has 0 saturated carbocycles. The lowest BCUT2D eigenvalue weighted by molar-refractivity contribution is -0.133. The molecule has 2 fully saturated rings. The second-order valence-corrected chi connectivity index (χ2v) is 7.99. The van der Waals surface area contributed by atoms with Gasteiger partial charge in [0.1, 0.15) is 0 Å². The molecule has 2 saturated heterocycles. The first kappa shape index (κ1) is 16.2. The monoisotopic (exact) mass is 347 g/mol. The van der Waals surface area contributed by atoms with Gasteiger partial charge in [-0.2, -0.15) is 0 Å². The van der Waals surface area contributed by atoms with Crippen LogP contribution in [-0.2, 0) is 17.7 Å². The van der Waals surface area contributed by atoms with E-state index >= 15 is 0 Å². The van der Waals surface area contributed by atoms with Gasteiger partial charge in [0.15, 0.2) is 0 Å². The van der Waals surface area contributed by atoms with Gasteiger partial charge >= 0.3 is 0 Å². The van der Waals surface area contributed by atoms with Crippen LogP contribution in [0.2, 0.25) is 0 Å². The van der Waals surface area contributed by atoms with Gasteiger partial charge in [-0.15, -0.1) is 0 Å². The van der Waals surface area contributed by atoms with Crippen molar-refractivity contribution in [2.45, 2.75) is 43.5 Å². The van der Waals surface area contributed by atoms with Crippen molar-refractivity contribution in [1.29, 1.82) is 0 Å². The van der Waals surface area contributed by atoms with Crippen LogP contribution in [0.5, 0.6) is 0 Å². The number of hydrogen-bond donors (Lipinski definition) is 1. The highest BCUT2D eigenvalue weighted by atomic mass is 16.5. The van der Waals surface area contributed by atoms with Crippen molar-refractivity contribution in [3.05, 3.63) is 76.9 Å². The van der Waals surface area contributed by atoms with E-state index < -0.39 is 5.60 Å². The Hall–Kier alpha value is -1.94. The number of benzene rings is 2. The lowest BCUT2D eigenvalue weighted by Gasteiger charge is -2.52. The van der Waals surface area contributed by atoms with Crippen molar-refractivity contribution in [3.63, 3.8) is 0 Å². The summed E-state index contributed by atoms with van der Waals surface area (Å²) in [4.78, 5) is 2.55. The molecule has 1 aliphatic carbocycles. The van der Waals surface area contributed by atoms with E-state index in [9.17, 15) is 5.11 Å². The molecule has 3 aliphatic rings. The molecular formula is C23H25NO2. The van der Waals surface area contributed by atoms with Gasteiger partial charge in [-0.3, -0.25) is 4.90 Å². The highest BCUT2D eigenvalue weighted by molar-refractivity contribution is 5.65. The molecule has 2 heterocycles. The number of fused-ring (bicyclic) bond motifs is 3. The Morgan fingerprint density at radius 1 is 0.962 bits per heavy atom. The molecule has 3 nitrogen and oxygen atoms in total. The van der Waals surface area contributed by atoms with E-state index in [1.807, 2.05) is 0 Å². The number of aliphatic hydroxyl groups is 1. The Labute approximate surface area is 154 Å². The van der Waals surface area contributed by atoms with E-state index in [1.54, 1.807) is 0 Å². The number of ether oxygens (including phenoxy) is 1. The van der Waals surface area contributed by atoms with Crippen LogP contribution in [0.3, 0.4) is 0 Å². The summed E-state index contributed by atoms with van der Waals surface area (Å²) in [5, 5.41) is 11.6. The molecule has 2 aliphatic heterocycles. The summed E-state index contributed by atoms with van der Waals surface area (Å²) in [5.74, 6) is 0. The predicted molar refractivity (Wildman–Crippen MR) is 103 cm³/mol. The fourth-order valence-corrected chi connectivity index (χ4v) is 4.94. The Morgan fingerprint density at radius 2 is 1.65 bits per heavy atom. The summed E-state index contributed by atoms with van der Waals surface area (Å²) in [6.07, 6.45) is 4.62. The lowest BCUT2D eigenvalue weighted by Crippen LogP contribution is -2.61. The Kier molecular flexibility index (Phi) is 3.96. The maximum atomic E-state index is 11.6. The molecule has 0 radical (unpaired) electrons. The van der Waals surface area contributed by atoms with E-state index in [1.165, 1.54) is 22.3 Å². The largest absolute Gasteiger partial charge is 0.385 e. The van der Waals surface area contributed by atoms with Gasteiger partial charge in [-0.25, -0.2) is 0 Å². The van der Waals surface area contributed by atoms with Crippen LogP contribution in [0.1, 0.15) is 29.5 Å². The first-order chi connectivity index (χ1) is 12.7. The number of hydrogen-bond acceptors (Lipinski definition) is 3. The molecule has 1 N–H and O–H groups in total. The van der Waals surface area contributed by atoms with Crippen LogP contribution in [-0.4, -0.2) is 40.9 Å². The minimum atomic E-state index is -0.703. The van der Waals surface area contributed by atoms with Crippen LogP contribution in [0.25, 0.3) is 6.08 Å². The van der Waals surface area contributed by atoms with Gasteiger partial charge in [-0.05, 0) is 41.5 Å². The molecule has 2 atom stereocenters. The summed E-state index contributed by atoms with van der Waals surface area (Å²) < 4.78 is 5.85. The maximum absolute atomic E-state index is 11.6. The van der Waals surface area contributed by atoms with Gasteiger partial charge in [0.2, 0.25) is 0 Å². The molecule has 26 heavy (non-hydrogen) atoms. The smallest absolute Gasteiger partial charge is 0.0894 e. The fraction of sp³-hybridized carbons (Fsp3) is 0.391. The average Bonchev–Trinajstić information content (AvgIpc) is 3.09. The number of piperidine rings is 1. The highest BCUT2D eigenvalue weighted by Crippen LogP contribution is 2.43. The van der Waals surface area contributed by atoms with E-state index in [2.05, 4.69) is 65.6 Å². The zero-order chi connectivity index (χ0) is 17.6. The van der Waals surface area contributed by atoms with E-state index in [4.69, 9.17) is 4.74 Å². The molecule has 2 aromatic carbocycles. The number of nitrogens with zero attached hydrogens (tertiary/aromatic N) is 1. The molecule has 2 unspecified atom stereocenters. The van der Waals surface area contributed by atoms with Crippen LogP contribution in [0.4, 0.5) is 0 Å². The molecule has 0 spiro atoms. The molecule has 0 aromatic heterocycles. The minimum Gasteiger partial charge on any atom is -0.385 e. The lowest BCUT2D eigenvalue weighted by atomic mass is 9.75. The summed E-state index contributed by atoms with van der Waals surface area (Å²) in [6.45, 7) is 2.37. The van der Waals surface area contributed by atoms with E-state index in [0.29, 0.717) is 13.2 Å². The van der Waals surface area contributed by atoms with Gasteiger partial charge in [0.05, 0.1) is 18.8 Å². The number of morpholine rings is 1. The van der Waals surface area contributed by atoms with Crippen molar-refractivity contribution < 1.29 is 9.84 Å². The third-order valence-electron chi connectivity index (χ3n) is 6.28. The molecular weight excluding hydrogens is 322 g/mol. The zero-order valence-electron chi connectivity index (χ0n) is 15.0. The topological polar surface area (TPSA) is 32.7 Å². The minimum absolute atomic E-state index is 0.275. The van der Waals surface area contributed by atoms with Crippen molar-refractivity contribution in [2.75, 3.05) is 13.2 Å². The first-order valence-corrected chi connectivity index (χ1v) is 9.60. The van der Waals surface area contributed by atoms with Crippen molar-refractivity contribution in [2.24, 2.45) is 0 Å². The molecule has 0 amide bonds. The normalized spacial score (nSPS) is 30.7. The number of rotatable bonds is 3. The van der Waals surface area contributed by atoms with Crippen LogP contribution < -0.4 is 0 Å². The standard InChI is InChI=1S/C23H25NO2/c25-23(20-10-18-8-4-5-9-19(18)11-20)12-21-15-26-16-22(13-23)24(21)14-17-6-2-1-3-7-17/h1-10,21-22,25H,11-16H2. The Balaban J connectivity index is 1.38. The second kappa shape index (κ2) is 6.34. The molecule has 134 valence electrons. The van der Waals surface area contributed by atoms with Crippen molar-refractivity contribution >= 4 is 6.08 Å². The van der Waals surface area contributed by atoms with Crippen LogP contribution in [0, 0.1) is 0 Å². The van der Waals surface area contributed by atoms with Crippen LogP contribution >= 0.6 is 0 Å². The summed E-state index contributed by atoms with van der Waals surface area (Å²) in [7, 11) is 0.